The zero-order valence-corrected chi connectivity index (χ0v) is 10.7. The van der Waals surface area contributed by atoms with Crippen LogP contribution in [-0.2, 0) is 4.79 Å². The lowest BCUT2D eigenvalue weighted by Crippen LogP contribution is -2.24. The largest absolute Gasteiger partial charge is 0.481 e. The van der Waals surface area contributed by atoms with Crippen LogP contribution in [0.2, 0.25) is 0 Å². The van der Waals surface area contributed by atoms with E-state index in [1.165, 1.54) is 0 Å². The molecule has 1 aromatic rings. The van der Waals surface area contributed by atoms with Gasteiger partial charge in [0.15, 0.2) is 0 Å². The minimum absolute atomic E-state index is 0.0562. The van der Waals surface area contributed by atoms with E-state index in [4.69, 9.17) is 5.11 Å². The summed E-state index contributed by atoms with van der Waals surface area (Å²) in [6, 6.07) is 0. The second-order valence-electron chi connectivity index (χ2n) is 4.37. The van der Waals surface area contributed by atoms with Gasteiger partial charge in [-0.05, 0) is 25.3 Å². The highest BCUT2D eigenvalue weighted by molar-refractivity contribution is 5.95. The van der Waals surface area contributed by atoms with Crippen LogP contribution in [0.5, 0.6) is 0 Å². The number of aryl methyl sites for hydroxylation is 1. The van der Waals surface area contributed by atoms with Crippen molar-refractivity contribution >= 4 is 11.9 Å². The summed E-state index contributed by atoms with van der Waals surface area (Å²) in [5.74, 6) is -0.800. The van der Waals surface area contributed by atoms with Gasteiger partial charge in [-0.3, -0.25) is 9.59 Å². The molecule has 100 valence electrons. The molecule has 0 aliphatic rings. The molecule has 0 spiro atoms. The summed E-state index contributed by atoms with van der Waals surface area (Å²) in [5.41, 5.74) is 1.62. The van der Waals surface area contributed by atoms with Gasteiger partial charge in [0.25, 0.3) is 5.91 Å². The molecule has 0 aliphatic carbocycles. The fourth-order valence-electron chi connectivity index (χ4n) is 1.74. The molecule has 0 atom stereocenters. The van der Waals surface area contributed by atoms with Crippen molar-refractivity contribution in [2.24, 2.45) is 0 Å². The van der Waals surface area contributed by atoms with Crippen molar-refractivity contribution < 1.29 is 14.7 Å². The molecule has 3 N–H and O–H groups in total. The van der Waals surface area contributed by atoms with E-state index in [1.807, 2.05) is 6.92 Å². The monoisotopic (exact) mass is 252 g/mol. The van der Waals surface area contributed by atoms with Gasteiger partial charge in [-0.25, -0.2) is 0 Å². The lowest BCUT2D eigenvalue weighted by Gasteiger charge is -2.04. The van der Waals surface area contributed by atoms with E-state index in [-0.39, 0.29) is 12.3 Å². The zero-order valence-electron chi connectivity index (χ0n) is 10.7. The van der Waals surface area contributed by atoms with Crippen molar-refractivity contribution in [3.63, 3.8) is 0 Å². The molecule has 0 bridgehead atoms. The second-order valence-corrected chi connectivity index (χ2v) is 4.37. The number of rotatable bonds is 8. The lowest BCUT2D eigenvalue weighted by atomic mass is 10.1. The van der Waals surface area contributed by atoms with E-state index in [0.717, 1.165) is 24.8 Å². The number of amides is 1. The Morgan fingerprint density at radius 1 is 1.22 bits per heavy atom. The van der Waals surface area contributed by atoms with E-state index in [2.05, 4.69) is 10.3 Å². The molecule has 1 amide bonds. The molecule has 5 heteroatoms. The topological polar surface area (TPSA) is 82.2 Å². The number of nitrogens with one attached hydrogen (secondary N) is 2. The molecule has 1 heterocycles. The summed E-state index contributed by atoms with van der Waals surface area (Å²) in [6.07, 6.45) is 7.15. The first-order valence-electron chi connectivity index (χ1n) is 6.24. The van der Waals surface area contributed by atoms with E-state index >= 15 is 0 Å². The van der Waals surface area contributed by atoms with Gasteiger partial charge in [-0.2, -0.15) is 0 Å². The first kappa shape index (κ1) is 14.3. The average molecular weight is 252 g/mol. The van der Waals surface area contributed by atoms with E-state index in [9.17, 15) is 9.59 Å². The van der Waals surface area contributed by atoms with Gasteiger partial charge < -0.3 is 15.4 Å². The maximum atomic E-state index is 11.7. The third-order valence-electron chi connectivity index (χ3n) is 2.80. The highest BCUT2D eigenvalue weighted by atomic mass is 16.4. The molecule has 1 aromatic heterocycles. The number of carbonyl (C=O) groups excluding carboxylic acids is 1. The Labute approximate surface area is 107 Å². The Balaban J connectivity index is 2.06. The number of H-pyrrole nitrogens is 1. The summed E-state index contributed by atoms with van der Waals surface area (Å²) in [4.78, 5) is 24.9. The van der Waals surface area contributed by atoms with Gasteiger partial charge >= 0.3 is 5.97 Å². The molecule has 0 unspecified atom stereocenters. The Morgan fingerprint density at radius 2 is 1.94 bits per heavy atom. The molecule has 0 radical (unpaired) electrons. The second kappa shape index (κ2) is 7.53. The van der Waals surface area contributed by atoms with Gasteiger partial charge in [0, 0.05) is 25.4 Å². The summed E-state index contributed by atoms with van der Waals surface area (Å²) < 4.78 is 0. The van der Waals surface area contributed by atoms with E-state index < -0.39 is 5.97 Å². The molecule has 0 aliphatic heterocycles. The van der Waals surface area contributed by atoms with Gasteiger partial charge in [0.1, 0.15) is 0 Å². The molecule has 0 fully saturated rings. The molecule has 0 saturated carbocycles. The van der Waals surface area contributed by atoms with Crippen LogP contribution in [0.3, 0.4) is 0 Å². The number of carboxylic acids is 1. The molecular weight excluding hydrogens is 232 g/mol. The van der Waals surface area contributed by atoms with Crippen LogP contribution in [0.1, 0.15) is 48.0 Å². The van der Waals surface area contributed by atoms with Gasteiger partial charge in [-0.1, -0.05) is 12.8 Å². The standard InChI is InChI=1S/C13H20N2O3/c1-10-8-14-9-11(10)13(18)15-7-5-3-2-4-6-12(16)17/h8-9,14H,2-7H2,1H3,(H,15,18)(H,16,17). The fourth-order valence-corrected chi connectivity index (χ4v) is 1.74. The molecular formula is C13H20N2O3. The lowest BCUT2D eigenvalue weighted by molar-refractivity contribution is -0.137. The summed E-state index contributed by atoms with van der Waals surface area (Å²) in [6.45, 7) is 2.52. The number of hydrogen-bond acceptors (Lipinski definition) is 2. The van der Waals surface area contributed by atoms with Crippen molar-refractivity contribution in [2.75, 3.05) is 6.54 Å². The summed E-state index contributed by atoms with van der Waals surface area (Å²) >= 11 is 0. The summed E-state index contributed by atoms with van der Waals surface area (Å²) in [7, 11) is 0. The van der Waals surface area contributed by atoms with E-state index in [0.29, 0.717) is 18.5 Å². The van der Waals surface area contributed by atoms with Gasteiger partial charge in [-0.15, -0.1) is 0 Å². The Hall–Kier alpha value is -1.78. The Bertz CT molecular complexity index is 399. The number of carbonyl (C=O) groups is 2. The van der Waals surface area contributed by atoms with Crippen molar-refractivity contribution in [2.45, 2.75) is 39.0 Å². The number of unbranched alkanes of at least 4 members (excludes halogenated alkanes) is 3. The number of aromatic nitrogens is 1. The highest BCUT2D eigenvalue weighted by Gasteiger charge is 2.08. The third-order valence-corrected chi connectivity index (χ3v) is 2.80. The predicted octanol–water partition coefficient (Wildman–Crippen LogP) is 2.09. The zero-order chi connectivity index (χ0) is 13.4. The maximum Gasteiger partial charge on any atom is 0.303 e. The van der Waals surface area contributed by atoms with Gasteiger partial charge in [0.2, 0.25) is 0 Å². The molecule has 18 heavy (non-hydrogen) atoms. The van der Waals surface area contributed by atoms with Crippen LogP contribution in [0.25, 0.3) is 0 Å². The first-order chi connectivity index (χ1) is 8.61. The SMILES string of the molecule is Cc1c[nH]cc1C(=O)NCCCCCCC(=O)O. The Kier molecular flexibility index (Phi) is 5.97. The first-order valence-corrected chi connectivity index (χ1v) is 6.24. The quantitative estimate of drug-likeness (QED) is 0.619. The van der Waals surface area contributed by atoms with Crippen molar-refractivity contribution in [1.82, 2.24) is 10.3 Å². The van der Waals surface area contributed by atoms with Crippen LogP contribution in [-0.4, -0.2) is 28.5 Å². The van der Waals surface area contributed by atoms with Crippen LogP contribution < -0.4 is 5.32 Å². The van der Waals surface area contributed by atoms with Crippen molar-refractivity contribution in [3.8, 4) is 0 Å². The highest BCUT2D eigenvalue weighted by Crippen LogP contribution is 2.06. The van der Waals surface area contributed by atoms with Crippen LogP contribution in [0.4, 0.5) is 0 Å². The molecule has 0 aromatic carbocycles. The van der Waals surface area contributed by atoms with Crippen LogP contribution in [0, 0.1) is 6.92 Å². The minimum Gasteiger partial charge on any atom is -0.481 e. The van der Waals surface area contributed by atoms with Crippen molar-refractivity contribution in [1.29, 1.82) is 0 Å². The third kappa shape index (κ3) is 5.03. The molecule has 5 nitrogen and oxygen atoms in total. The number of aromatic amines is 1. The average Bonchev–Trinajstić information content (AvgIpc) is 2.73. The molecule has 0 saturated heterocycles. The number of carboxylic acid groups (broad SMARTS) is 1. The van der Waals surface area contributed by atoms with Crippen LogP contribution >= 0.6 is 0 Å². The normalized spacial score (nSPS) is 10.3. The summed E-state index contributed by atoms with van der Waals surface area (Å²) in [5, 5.41) is 11.3. The van der Waals surface area contributed by atoms with Crippen LogP contribution in [0.15, 0.2) is 12.4 Å². The number of hydrogen-bond donors (Lipinski definition) is 3. The smallest absolute Gasteiger partial charge is 0.303 e. The predicted molar refractivity (Wildman–Crippen MR) is 68.6 cm³/mol. The number of aliphatic carboxylic acids is 1. The molecule has 1 rings (SSSR count). The minimum atomic E-state index is -0.744. The fraction of sp³-hybridized carbons (Fsp3) is 0.538. The van der Waals surface area contributed by atoms with E-state index in [1.54, 1.807) is 12.4 Å². The van der Waals surface area contributed by atoms with Gasteiger partial charge in [0.05, 0.1) is 5.56 Å². The maximum absolute atomic E-state index is 11.7. The van der Waals surface area contributed by atoms with Crippen molar-refractivity contribution in [3.05, 3.63) is 23.5 Å². The Morgan fingerprint density at radius 3 is 2.56 bits per heavy atom.